The smallest absolute Gasteiger partial charge is 0.245 e. The molecular weight excluding hydrogens is 865 g/mol. The minimum atomic E-state index is -1.51. The van der Waals surface area contributed by atoms with Crippen LogP contribution in [0.1, 0.15) is 110 Å². The number of hydrogen-bond donors (Lipinski definition) is 8. The molecule has 0 bridgehead atoms. The van der Waals surface area contributed by atoms with E-state index in [9.17, 15) is 38.4 Å². The van der Waals surface area contributed by atoms with E-state index in [1.54, 1.807) is 83.1 Å². The van der Waals surface area contributed by atoms with E-state index in [4.69, 9.17) is 5.73 Å². The lowest BCUT2D eigenvalue weighted by atomic mass is 9.92. The van der Waals surface area contributed by atoms with Crippen LogP contribution in [0.2, 0.25) is 0 Å². The summed E-state index contributed by atoms with van der Waals surface area (Å²) in [6.07, 6.45) is 0.651. The van der Waals surface area contributed by atoms with Gasteiger partial charge in [-0.3, -0.25) is 38.4 Å². The van der Waals surface area contributed by atoms with Gasteiger partial charge < -0.3 is 43.0 Å². The third kappa shape index (κ3) is 14.8. The van der Waals surface area contributed by atoms with Gasteiger partial charge >= 0.3 is 0 Å². The highest BCUT2D eigenvalue weighted by molar-refractivity contribution is 6.09. The Labute approximate surface area is 399 Å². The average molecular weight is 933 g/mol. The molecule has 16 nitrogen and oxygen atoms in total. The van der Waals surface area contributed by atoms with Crippen LogP contribution in [0, 0.1) is 0 Å². The van der Waals surface area contributed by atoms with Gasteiger partial charge in [0.2, 0.25) is 41.4 Å². The average Bonchev–Trinajstić information content (AvgIpc) is 3.27. The van der Waals surface area contributed by atoms with Gasteiger partial charge in [0.15, 0.2) is 5.78 Å². The van der Waals surface area contributed by atoms with Crippen LogP contribution in [0.3, 0.4) is 0 Å². The summed E-state index contributed by atoms with van der Waals surface area (Å²) < 4.78 is 0. The maximum absolute atomic E-state index is 14.2. The molecule has 0 spiro atoms. The number of primary amides is 1. The third-order valence-corrected chi connectivity index (χ3v) is 12.0. The monoisotopic (exact) mass is 933 g/mol. The molecule has 0 aromatic heterocycles. The molecule has 0 aliphatic carbocycles. The van der Waals surface area contributed by atoms with Crippen molar-refractivity contribution in [3.63, 3.8) is 0 Å². The van der Waals surface area contributed by atoms with Gasteiger partial charge in [-0.1, -0.05) is 97.1 Å². The van der Waals surface area contributed by atoms with Crippen molar-refractivity contribution in [2.75, 3.05) is 0 Å². The largest absolute Gasteiger partial charge is 0.368 e. The molecule has 7 amide bonds. The van der Waals surface area contributed by atoms with E-state index in [-0.39, 0.29) is 24.5 Å². The summed E-state index contributed by atoms with van der Waals surface area (Å²) in [6.45, 7) is 17.3. The number of nitrogens with one attached hydrogen (secondary N) is 7. The van der Waals surface area contributed by atoms with Crippen LogP contribution in [0.25, 0.3) is 10.8 Å². The third-order valence-electron chi connectivity index (χ3n) is 12.0. The van der Waals surface area contributed by atoms with Crippen LogP contribution >= 0.6 is 0 Å². The Kier molecular flexibility index (Phi) is 17.6. The summed E-state index contributed by atoms with van der Waals surface area (Å²) in [5.74, 6) is -4.16. The molecule has 364 valence electrons. The number of rotatable bonds is 22. The second-order valence-corrected chi connectivity index (χ2v) is 19.6. The summed E-state index contributed by atoms with van der Waals surface area (Å²) in [5.41, 5.74) is 2.92. The van der Waals surface area contributed by atoms with Crippen LogP contribution in [0.15, 0.2) is 97.1 Å². The Balaban J connectivity index is 1.38. The zero-order valence-electron chi connectivity index (χ0n) is 41.0. The second kappa shape index (κ2) is 22.2. The zero-order valence-corrected chi connectivity index (χ0v) is 41.0. The molecule has 68 heavy (non-hydrogen) atoms. The van der Waals surface area contributed by atoms with Crippen LogP contribution < -0.4 is 43.0 Å². The fourth-order valence-electron chi connectivity index (χ4n) is 6.99. The SMILES string of the molecule is CC(NC(=O)C(C)(C)NC(=O)CCc1ccc(C(=O)c2ccccc2)cc1)C(=O)NC(C)(C)[C@H](C)NC(Cc1ccc2ccccc2c1)C(=O)NC(C)(C)C(=O)NC(C)C(=O)NC(C)(C)C(N)=O. The van der Waals surface area contributed by atoms with Crippen LogP contribution in [0.4, 0.5) is 0 Å². The number of ketones is 1. The predicted octanol–water partition coefficient (Wildman–Crippen LogP) is 3.67. The first-order valence-corrected chi connectivity index (χ1v) is 22.7. The fraction of sp³-hybridized carbons (Fsp3) is 0.423. The summed E-state index contributed by atoms with van der Waals surface area (Å²) >= 11 is 0. The number of nitrogens with two attached hydrogens (primary N) is 1. The minimum absolute atomic E-state index is 0.0820. The van der Waals surface area contributed by atoms with Gasteiger partial charge in [-0.05, 0) is 111 Å². The van der Waals surface area contributed by atoms with Crippen molar-refractivity contribution >= 4 is 57.9 Å². The quantitative estimate of drug-likeness (QED) is 0.0536. The van der Waals surface area contributed by atoms with Crippen molar-refractivity contribution in [2.45, 2.75) is 142 Å². The van der Waals surface area contributed by atoms with Crippen molar-refractivity contribution in [3.05, 3.63) is 119 Å². The Morgan fingerprint density at radius 2 is 1.01 bits per heavy atom. The summed E-state index contributed by atoms with van der Waals surface area (Å²) in [5, 5.41) is 21.7. The summed E-state index contributed by atoms with van der Waals surface area (Å²) in [6, 6.07) is 26.0. The van der Waals surface area contributed by atoms with Crippen molar-refractivity contribution < 1.29 is 38.4 Å². The molecule has 0 aliphatic rings. The van der Waals surface area contributed by atoms with Crippen molar-refractivity contribution in [1.82, 2.24) is 37.2 Å². The lowest BCUT2D eigenvalue weighted by Crippen LogP contribution is -2.65. The fourth-order valence-corrected chi connectivity index (χ4v) is 6.99. The van der Waals surface area contributed by atoms with Crippen molar-refractivity contribution in [2.24, 2.45) is 5.73 Å². The maximum atomic E-state index is 14.2. The first-order valence-electron chi connectivity index (χ1n) is 22.7. The van der Waals surface area contributed by atoms with Gasteiger partial charge in [0, 0.05) is 29.1 Å². The lowest BCUT2D eigenvalue weighted by Gasteiger charge is -2.37. The highest BCUT2D eigenvalue weighted by atomic mass is 16.2. The van der Waals surface area contributed by atoms with Gasteiger partial charge in [0.1, 0.15) is 28.7 Å². The Hall–Kier alpha value is -6.94. The molecule has 16 heteroatoms. The van der Waals surface area contributed by atoms with Gasteiger partial charge in [0.05, 0.1) is 6.04 Å². The molecule has 0 fully saturated rings. The van der Waals surface area contributed by atoms with E-state index in [1.807, 2.05) is 48.5 Å². The number of benzene rings is 4. The Bertz CT molecular complexity index is 2500. The van der Waals surface area contributed by atoms with Crippen molar-refractivity contribution in [3.8, 4) is 0 Å². The highest BCUT2D eigenvalue weighted by Gasteiger charge is 2.38. The first kappa shape index (κ1) is 53.7. The number of carbonyl (C=O) groups excluding carboxylic acids is 8. The van der Waals surface area contributed by atoms with Gasteiger partial charge in [0.25, 0.3) is 0 Å². The topological polar surface area (TPSA) is 247 Å². The molecule has 0 heterocycles. The summed E-state index contributed by atoms with van der Waals surface area (Å²) in [4.78, 5) is 105. The van der Waals surface area contributed by atoms with Crippen molar-refractivity contribution in [1.29, 1.82) is 0 Å². The van der Waals surface area contributed by atoms with Crippen LogP contribution in [-0.4, -0.2) is 93.5 Å². The number of aryl methyl sites for hydroxylation is 1. The van der Waals surface area contributed by atoms with Gasteiger partial charge in [-0.15, -0.1) is 0 Å². The molecule has 4 aromatic rings. The number of amides is 7. The molecule has 9 N–H and O–H groups in total. The number of fused-ring (bicyclic) bond motifs is 1. The minimum Gasteiger partial charge on any atom is -0.368 e. The lowest BCUT2D eigenvalue weighted by molar-refractivity contribution is -0.136. The second-order valence-electron chi connectivity index (χ2n) is 19.6. The van der Waals surface area contributed by atoms with E-state index in [0.717, 1.165) is 21.9 Å². The van der Waals surface area contributed by atoms with Crippen LogP contribution in [-0.2, 0) is 46.4 Å². The van der Waals surface area contributed by atoms with Gasteiger partial charge in [-0.25, -0.2) is 0 Å². The van der Waals surface area contributed by atoms with E-state index in [0.29, 0.717) is 17.5 Å². The maximum Gasteiger partial charge on any atom is 0.245 e. The molecule has 4 rings (SSSR count). The molecule has 4 aromatic carbocycles. The molecule has 0 saturated heterocycles. The molecule has 0 saturated carbocycles. The first-order chi connectivity index (χ1) is 31.6. The number of hydrogen-bond acceptors (Lipinski definition) is 9. The summed E-state index contributed by atoms with van der Waals surface area (Å²) in [7, 11) is 0. The van der Waals surface area contributed by atoms with E-state index in [2.05, 4.69) is 37.2 Å². The Morgan fingerprint density at radius 1 is 0.529 bits per heavy atom. The molecule has 3 unspecified atom stereocenters. The normalized spacial score (nSPS) is 13.8. The Morgan fingerprint density at radius 3 is 1.59 bits per heavy atom. The zero-order chi connectivity index (χ0) is 50.8. The highest BCUT2D eigenvalue weighted by Crippen LogP contribution is 2.20. The van der Waals surface area contributed by atoms with E-state index in [1.165, 1.54) is 41.5 Å². The van der Waals surface area contributed by atoms with E-state index < -0.39 is 81.8 Å². The van der Waals surface area contributed by atoms with Crippen LogP contribution in [0.5, 0.6) is 0 Å². The molecular formula is C52H68N8O8. The molecule has 0 aliphatic heterocycles. The van der Waals surface area contributed by atoms with Gasteiger partial charge in [-0.2, -0.15) is 0 Å². The van der Waals surface area contributed by atoms with E-state index >= 15 is 0 Å². The molecule has 0 radical (unpaired) electrons. The predicted molar refractivity (Wildman–Crippen MR) is 262 cm³/mol. The molecule has 4 atom stereocenters. The standard InChI is InChI=1S/C52H68N8O8/c1-31(54-47(67)51(8,9)57-41(61)28-24-34-21-26-38(27-22-34)42(62)37-18-13-12-14-19-37)43(63)58-49(4,5)33(3)56-40(30-35-23-25-36-17-15-16-20-39(36)29-35)45(65)60-52(10,11)48(68)55-32(2)44(64)59-50(6,7)46(53)66/h12-23,25-27,29,31-33,40,56H,24,28,30H2,1-11H3,(H2,53,66)(H,54,67)(H,55,68)(H,57,61)(H,58,63)(H,59,64)(H,60,65)/t31?,32?,33-,40?/m0/s1. The number of carbonyl (C=O) groups is 8.